The third kappa shape index (κ3) is 4.96. The number of amides is 2. The number of ketones is 1. The van der Waals surface area contributed by atoms with E-state index in [-0.39, 0.29) is 24.1 Å². The van der Waals surface area contributed by atoms with E-state index in [2.05, 4.69) is 5.32 Å². The number of thiophene rings is 1. The highest BCUT2D eigenvalue weighted by Gasteiger charge is 2.26. The number of nitrogens with zero attached hydrogens (tertiary/aromatic N) is 2. The van der Waals surface area contributed by atoms with Crippen LogP contribution in [0.15, 0.2) is 42.5 Å². The highest BCUT2D eigenvalue weighted by atomic mass is 35.5. The van der Waals surface area contributed by atoms with Crippen LogP contribution < -0.4 is 5.32 Å². The van der Waals surface area contributed by atoms with Gasteiger partial charge in [0.05, 0.1) is 11.6 Å². The molecular formula is C23H21Cl2N3O3S. The fraction of sp³-hybridized carbons (Fsp3) is 0.261. The Hall–Kier alpha value is -2.45. The fourth-order valence-corrected chi connectivity index (χ4v) is 5.38. The van der Waals surface area contributed by atoms with Crippen molar-refractivity contribution in [3.8, 4) is 0 Å². The molecule has 0 saturated carbocycles. The predicted octanol–water partition coefficient (Wildman–Crippen LogP) is 4.81. The molecule has 1 saturated heterocycles. The Morgan fingerprint density at radius 1 is 1.00 bits per heavy atom. The van der Waals surface area contributed by atoms with Crippen LogP contribution in [0.3, 0.4) is 0 Å². The van der Waals surface area contributed by atoms with E-state index >= 15 is 0 Å². The van der Waals surface area contributed by atoms with E-state index in [0.29, 0.717) is 52.4 Å². The van der Waals surface area contributed by atoms with Gasteiger partial charge in [-0.05, 0) is 43.3 Å². The quantitative estimate of drug-likeness (QED) is 0.522. The van der Waals surface area contributed by atoms with E-state index in [1.54, 1.807) is 35.2 Å². The molecule has 6 nitrogen and oxygen atoms in total. The van der Waals surface area contributed by atoms with Crippen LogP contribution in [0, 0.1) is 0 Å². The maximum Gasteiger partial charge on any atom is 0.265 e. The molecule has 0 radical (unpaired) electrons. The Labute approximate surface area is 199 Å². The number of anilines is 1. The molecule has 2 amide bonds. The molecule has 32 heavy (non-hydrogen) atoms. The topological polar surface area (TPSA) is 69.7 Å². The molecule has 0 bridgehead atoms. The molecule has 2 heterocycles. The van der Waals surface area contributed by atoms with Gasteiger partial charge in [-0.15, -0.1) is 11.3 Å². The van der Waals surface area contributed by atoms with Crippen LogP contribution in [-0.4, -0.2) is 60.1 Å². The van der Waals surface area contributed by atoms with E-state index in [1.165, 1.54) is 18.3 Å². The third-order valence-electron chi connectivity index (χ3n) is 5.39. The van der Waals surface area contributed by atoms with Gasteiger partial charge in [-0.2, -0.15) is 0 Å². The fourth-order valence-electron chi connectivity index (χ4n) is 3.62. The molecule has 1 N–H and O–H groups in total. The molecule has 1 fully saturated rings. The van der Waals surface area contributed by atoms with Crippen LogP contribution >= 0.6 is 34.5 Å². The zero-order valence-electron chi connectivity index (χ0n) is 17.4. The van der Waals surface area contributed by atoms with E-state index in [4.69, 9.17) is 23.2 Å². The zero-order valence-corrected chi connectivity index (χ0v) is 19.7. The highest BCUT2D eigenvalue weighted by Crippen LogP contribution is 2.37. The number of benzene rings is 2. The lowest BCUT2D eigenvalue weighted by molar-refractivity contribution is -0.117. The summed E-state index contributed by atoms with van der Waals surface area (Å²) in [6, 6.07) is 12.2. The highest BCUT2D eigenvalue weighted by molar-refractivity contribution is 7.21. The number of carbonyl (C=O) groups is 3. The van der Waals surface area contributed by atoms with Crippen molar-refractivity contribution in [2.24, 2.45) is 0 Å². The van der Waals surface area contributed by atoms with Crippen molar-refractivity contribution >= 4 is 67.9 Å². The van der Waals surface area contributed by atoms with Crippen molar-refractivity contribution in [2.75, 3.05) is 38.0 Å². The summed E-state index contributed by atoms with van der Waals surface area (Å²) in [6.07, 6.45) is 0. The van der Waals surface area contributed by atoms with Gasteiger partial charge in [-0.25, -0.2) is 0 Å². The van der Waals surface area contributed by atoms with Gasteiger partial charge in [0.2, 0.25) is 5.91 Å². The minimum absolute atomic E-state index is 0.0176. The second-order valence-corrected chi connectivity index (χ2v) is 9.50. The summed E-state index contributed by atoms with van der Waals surface area (Å²) in [6.45, 7) is 3.96. The number of hydrogen-bond donors (Lipinski definition) is 1. The summed E-state index contributed by atoms with van der Waals surface area (Å²) in [7, 11) is 0. The number of rotatable bonds is 5. The molecule has 166 valence electrons. The van der Waals surface area contributed by atoms with Crippen LogP contribution in [0.25, 0.3) is 10.1 Å². The van der Waals surface area contributed by atoms with Crippen LogP contribution in [0.4, 0.5) is 5.69 Å². The van der Waals surface area contributed by atoms with Gasteiger partial charge in [-0.1, -0.05) is 29.3 Å². The first-order valence-electron chi connectivity index (χ1n) is 10.1. The molecule has 4 rings (SSSR count). The molecule has 0 unspecified atom stereocenters. The van der Waals surface area contributed by atoms with Crippen LogP contribution in [0.5, 0.6) is 0 Å². The molecule has 9 heteroatoms. The third-order valence-corrected chi connectivity index (χ3v) is 7.27. The van der Waals surface area contributed by atoms with Gasteiger partial charge >= 0.3 is 0 Å². The molecule has 0 spiro atoms. The SMILES string of the molecule is CC(=O)c1ccc(NC(=O)CN2CCN(C(=O)c3sc4cc(Cl)ccc4c3Cl)CC2)cc1. The van der Waals surface area contributed by atoms with Gasteiger partial charge in [0, 0.05) is 52.5 Å². The molecule has 3 aromatic rings. The summed E-state index contributed by atoms with van der Waals surface area (Å²) >= 11 is 13.9. The van der Waals surface area contributed by atoms with Crippen molar-refractivity contribution in [1.29, 1.82) is 0 Å². The zero-order chi connectivity index (χ0) is 22.8. The number of nitrogens with one attached hydrogen (secondary N) is 1. The van der Waals surface area contributed by atoms with E-state index in [9.17, 15) is 14.4 Å². The van der Waals surface area contributed by atoms with Crippen LogP contribution in [0.1, 0.15) is 27.0 Å². The Bertz CT molecular complexity index is 1190. The molecule has 1 aliphatic heterocycles. The Balaban J connectivity index is 1.32. The van der Waals surface area contributed by atoms with Crippen LogP contribution in [0.2, 0.25) is 10.0 Å². The van der Waals surface area contributed by atoms with Crippen LogP contribution in [-0.2, 0) is 4.79 Å². The lowest BCUT2D eigenvalue weighted by Crippen LogP contribution is -2.50. The lowest BCUT2D eigenvalue weighted by Gasteiger charge is -2.34. The maximum absolute atomic E-state index is 13.0. The summed E-state index contributed by atoms with van der Waals surface area (Å²) in [5, 5.41) is 4.74. The average Bonchev–Trinajstić information content (AvgIpc) is 3.09. The smallest absolute Gasteiger partial charge is 0.265 e. The summed E-state index contributed by atoms with van der Waals surface area (Å²) < 4.78 is 0.887. The van der Waals surface area contributed by atoms with Gasteiger partial charge in [-0.3, -0.25) is 19.3 Å². The number of hydrogen-bond acceptors (Lipinski definition) is 5. The first-order chi connectivity index (χ1) is 15.3. The minimum atomic E-state index is -0.134. The van der Waals surface area contributed by atoms with E-state index < -0.39 is 0 Å². The van der Waals surface area contributed by atoms with Crippen molar-refractivity contribution in [3.05, 3.63) is 63.0 Å². The van der Waals surface area contributed by atoms with E-state index in [0.717, 1.165) is 10.1 Å². The second-order valence-electron chi connectivity index (χ2n) is 7.64. The summed E-state index contributed by atoms with van der Waals surface area (Å²) in [5.41, 5.74) is 1.25. The summed E-state index contributed by atoms with van der Waals surface area (Å²) in [4.78, 5) is 41.0. The first kappa shape index (κ1) is 22.7. The van der Waals surface area contributed by atoms with Crippen molar-refractivity contribution < 1.29 is 14.4 Å². The predicted molar refractivity (Wildman–Crippen MR) is 129 cm³/mol. The molecule has 1 aliphatic rings. The Morgan fingerprint density at radius 3 is 2.34 bits per heavy atom. The molecule has 1 aromatic heterocycles. The number of Topliss-reactive ketones (excluding diaryl/α,β-unsaturated/α-hetero) is 1. The first-order valence-corrected chi connectivity index (χ1v) is 11.7. The maximum atomic E-state index is 13.0. The molecule has 0 atom stereocenters. The van der Waals surface area contributed by atoms with Gasteiger partial charge in [0.1, 0.15) is 4.88 Å². The molecular weight excluding hydrogens is 469 g/mol. The molecule has 2 aromatic carbocycles. The Morgan fingerprint density at radius 2 is 1.69 bits per heavy atom. The van der Waals surface area contributed by atoms with Crippen molar-refractivity contribution in [3.63, 3.8) is 0 Å². The number of piperazine rings is 1. The summed E-state index contributed by atoms with van der Waals surface area (Å²) in [5.74, 6) is -0.247. The second kappa shape index (κ2) is 9.58. The van der Waals surface area contributed by atoms with Crippen molar-refractivity contribution in [1.82, 2.24) is 9.80 Å². The van der Waals surface area contributed by atoms with Crippen molar-refractivity contribution in [2.45, 2.75) is 6.92 Å². The number of fused-ring (bicyclic) bond motifs is 1. The lowest BCUT2D eigenvalue weighted by atomic mass is 10.1. The van der Waals surface area contributed by atoms with Gasteiger partial charge < -0.3 is 10.2 Å². The monoisotopic (exact) mass is 489 g/mol. The Kier molecular flexibility index (Phi) is 6.81. The minimum Gasteiger partial charge on any atom is -0.335 e. The average molecular weight is 490 g/mol. The van der Waals surface area contributed by atoms with Gasteiger partial charge in [0.25, 0.3) is 5.91 Å². The molecule has 0 aliphatic carbocycles. The largest absolute Gasteiger partial charge is 0.335 e. The normalized spacial score (nSPS) is 14.5. The number of carbonyl (C=O) groups excluding carboxylic acids is 3. The van der Waals surface area contributed by atoms with E-state index in [1.807, 2.05) is 17.0 Å². The standard InChI is InChI=1S/C23H21Cl2N3O3S/c1-14(29)15-2-5-17(6-3-15)26-20(30)13-27-8-10-28(11-9-27)23(31)22-21(25)18-7-4-16(24)12-19(18)32-22/h2-7,12H,8-11,13H2,1H3,(H,26,30). The number of halogens is 2. The van der Waals surface area contributed by atoms with Gasteiger partial charge in [0.15, 0.2) is 5.78 Å².